The lowest BCUT2D eigenvalue weighted by Gasteiger charge is -2.33. The van der Waals surface area contributed by atoms with E-state index < -0.39 is 0 Å². The van der Waals surface area contributed by atoms with Crippen LogP contribution in [0.25, 0.3) is 0 Å². The van der Waals surface area contributed by atoms with Crippen LogP contribution in [0.15, 0.2) is 0 Å². The third-order valence-corrected chi connectivity index (χ3v) is 3.81. The average molecular weight is 244 g/mol. The summed E-state index contributed by atoms with van der Waals surface area (Å²) in [6.45, 7) is 13.3. The third-order valence-electron chi connectivity index (χ3n) is 3.81. The van der Waals surface area contributed by atoms with Crippen LogP contribution in [0.2, 0.25) is 0 Å². The largest absolute Gasteiger partial charge is 0.394 e. The zero-order valence-electron chi connectivity index (χ0n) is 12.3. The van der Waals surface area contributed by atoms with Crippen LogP contribution in [0.4, 0.5) is 0 Å². The molecular weight excluding hydrogens is 212 g/mol. The van der Waals surface area contributed by atoms with E-state index in [0.717, 1.165) is 39.0 Å². The lowest BCUT2D eigenvalue weighted by Crippen LogP contribution is -2.50. The van der Waals surface area contributed by atoms with Crippen molar-refractivity contribution in [2.75, 3.05) is 32.8 Å². The van der Waals surface area contributed by atoms with E-state index in [9.17, 15) is 5.11 Å². The Labute approximate surface area is 108 Å². The molecule has 3 nitrogen and oxygen atoms in total. The van der Waals surface area contributed by atoms with Gasteiger partial charge in [-0.25, -0.2) is 0 Å². The first kappa shape index (κ1) is 16.9. The number of unbranched alkanes of at least 4 members (excludes halogenated alkanes) is 1. The molecule has 0 aliphatic heterocycles. The summed E-state index contributed by atoms with van der Waals surface area (Å²) in [4.78, 5) is 2.41. The monoisotopic (exact) mass is 244 g/mol. The molecule has 0 aliphatic carbocycles. The smallest absolute Gasteiger partial charge is 0.0613 e. The van der Waals surface area contributed by atoms with Gasteiger partial charge in [-0.3, -0.25) is 0 Å². The highest BCUT2D eigenvalue weighted by atomic mass is 16.3. The third kappa shape index (κ3) is 6.39. The number of aliphatic hydroxyl groups is 1. The van der Waals surface area contributed by atoms with Crippen LogP contribution in [0.3, 0.4) is 0 Å². The molecule has 0 aliphatic rings. The highest BCUT2D eigenvalue weighted by Crippen LogP contribution is 2.17. The Kier molecular flexibility index (Phi) is 9.79. The Hall–Kier alpha value is -0.120. The number of likely N-dealkylation sites (N-methyl/N-ethyl adjacent to an activating group) is 1. The fourth-order valence-corrected chi connectivity index (χ4v) is 2.17. The quantitative estimate of drug-likeness (QED) is 0.585. The van der Waals surface area contributed by atoms with Gasteiger partial charge in [0.2, 0.25) is 0 Å². The second-order valence-corrected chi connectivity index (χ2v) is 4.85. The molecule has 0 aromatic heterocycles. The molecule has 0 rings (SSSR count). The van der Waals surface area contributed by atoms with E-state index in [1.807, 2.05) is 0 Å². The summed E-state index contributed by atoms with van der Waals surface area (Å²) >= 11 is 0. The van der Waals surface area contributed by atoms with Gasteiger partial charge in [0.15, 0.2) is 0 Å². The summed E-state index contributed by atoms with van der Waals surface area (Å²) in [5, 5.41) is 13.2. The maximum atomic E-state index is 9.61. The second kappa shape index (κ2) is 9.86. The van der Waals surface area contributed by atoms with Gasteiger partial charge < -0.3 is 15.3 Å². The topological polar surface area (TPSA) is 35.5 Å². The van der Waals surface area contributed by atoms with Crippen molar-refractivity contribution in [1.82, 2.24) is 10.2 Å². The minimum atomic E-state index is -0.0524. The van der Waals surface area contributed by atoms with E-state index in [0.29, 0.717) is 0 Å². The zero-order valence-corrected chi connectivity index (χ0v) is 12.3. The molecule has 17 heavy (non-hydrogen) atoms. The van der Waals surface area contributed by atoms with Gasteiger partial charge in [-0.15, -0.1) is 0 Å². The van der Waals surface area contributed by atoms with Crippen LogP contribution in [0.1, 0.15) is 53.4 Å². The number of hydrogen-bond acceptors (Lipinski definition) is 3. The standard InChI is InChI=1S/C14H32N2O/c1-5-9-10-14(6-2,13-17)15-11-12-16(7-3)8-4/h15,17H,5-13H2,1-4H3. The number of hydrogen-bond donors (Lipinski definition) is 2. The Morgan fingerprint density at radius 1 is 1.12 bits per heavy atom. The van der Waals surface area contributed by atoms with Crippen molar-refractivity contribution >= 4 is 0 Å². The molecule has 0 saturated heterocycles. The molecule has 3 heteroatoms. The lowest BCUT2D eigenvalue weighted by atomic mass is 9.90. The number of nitrogens with zero attached hydrogens (tertiary/aromatic N) is 1. The van der Waals surface area contributed by atoms with Crippen LogP contribution >= 0.6 is 0 Å². The first-order chi connectivity index (χ1) is 8.17. The van der Waals surface area contributed by atoms with Crippen LogP contribution < -0.4 is 5.32 Å². The van der Waals surface area contributed by atoms with Crippen molar-refractivity contribution < 1.29 is 5.11 Å². The van der Waals surface area contributed by atoms with Crippen molar-refractivity contribution in [3.63, 3.8) is 0 Å². The molecule has 0 aromatic rings. The summed E-state index contributed by atoms with van der Waals surface area (Å²) in [5.41, 5.74) is -0.0524. The molecule has 104 valence electrons. The van der Waals surface area contributed by atoms with Crippen LogP contribution in [-0.2, 0) is 0 Å². The van der Waals surface area contributed by atoms with Gasteiger partial charge >= 0.3 is 0 Å². The van der Waals surface area contributed by atoms with Crippen molar-refractivity contribution in [2.45, 2.75) is 58.9 Å². The molecule has 1 unspecified atom stereocenters. The first-order valence-corrected chi connectivity index (χ1v) is 7.26. The van der Waals surface area contributed by atoms with Crippen molar-refractivity contribution in [3.8, 4) is 0 Å². The first-order valence-electron chi connectivity index (χ1n) is 7.26. The molecule has 0 bridgehead atoms. The van der Waals surface area contributed by atoms with Gasteiger partial charge in [0.25, 0.3) is 0 Å². The minimum absolute atomic E-state index is 0.0524. The lowest BCUT2D eigenvalue weighted by molar-refractivity contribution is 0.139. The van der Waals surface area contributed by atoms with Gasteiger partial charge in [0.05, 0.1) is 6.61 Å². The number of rotatable bonds is 11. The molecule has 1 atom stereocenters. The summed E-state index contributed by atoms with van der Waals surface area (Å²) in [6.07, 6.45) is 4.46. The Morgan fingerprint density at radius 3 is 2.18 bits per heavy atom. The molecule has 0 radical (unpaired) electrons. The molecular formula is C14H32N2O. The Bertz CT molecular complexity index is 166. The maximum Gasteiger partial charge on any atom is 0.0613 e. The summed E-state index contributed by atoms with van der Waals surface area (Å²) < 4.78 is 0. The number of nitrogens with one attached hydrogen (secondary N) is 1. The van der Waals surface area contributed by atoms with E-state index in [1.54, 1.807) is 0 Å². The predicted molar refractivity (Wildman–Crippen MR) is 75.4 cm³/mol. The van der Waals surface area contributed by atoms with E-state index >= 15 is 0 Å². The van der Waals surface area contributed by atoms with Gasteiger partial charge in [0.1, 0.15) is 0 Å². The molecule has 2 N–H and O–H groups in total. The minimum Gasteiger partial charge on any atom is -0.394 e. The Balaban J connectivity index is 4.06. The SMILES string of the molecule is CCCCC(CC)(CO)NCCN(CC)CC. The van der Waals surface area contributed by atoms with E-state index in [1.165, 1.54) is 12.8 Å². The fraction of sp³-hybridized carbons (Fsp3) is 1.00. The van der Waals surface area contributed by atoms with Gasteiger partial charge in [0, 0.05) is 18.6 Å². The number of aliphatic hydroxyl groups excluding tert-OH is 1. The maximum absolute atomic E-state index is 9.61. The fourth-order valence-electron chi connectivity index (χ4n) is 2.17. The second-order valence-electron chi connectivity index (χ2n) is 4.85. The normalized spacial score (nSPS) is 15.2. The van der Waals surface area contributed by atoms with Crippen molar-refractivity contribution in [1.29, 1.82) is 0 Å². The van der Waals surface area contributed by atoms with Gasteiger partial charge in [-0.1, -0.05) is 40.5 Å². The van der Waals surface area contributed by atoms with Crippen LogP contribution in [0, 0.1) is 0 Å². The van der Waals surface area contributed by atoms with Crippen LogP contribution in [-0.4, -0.2) is 48.3 Å². The molecule has 0 spiro atoms. The van der Waals surface area contributed by atoms with Crippen molar-refractivity contribution in [2.24, 2.45) is 0 Å². The molecule has 0 aromatic carbocycles. The molecule has 0 amide bonds. The molecule has 0 fully saturated rings. The highest BCUT2D eigenvalue weighted by Gasteiger charge is 2.25. The van der Waals surface area contributed by atoms with Crippen LogP contribution in [0.5, 0.6) is 0 Å². The van der Waals surface area contributed by atoms with Gasteiger partial charge in [-0.2, -0.15) is 0 Å². The van der Waals surface area contributed by atoms with Gasteiger partial charge in [-0.05, 0) is 25.9 Å². The summed E-state index contributed by atoms with van der Waals surface area (Å²) in [6, 6.07) is 0. The zero-order chi connectivity index (χ0) is 13.1. The van der Waals surface area contributed by atoms with E-state index in [-0.39, 0.29) is 12.1 Å². The van der Waals surface area contributed by atoms with E-state index in [4.69, 9.17) is 0 Å². The average Bonchev–Trinajstić information content (AvgIpc) is 2.39. The summed E-state index contributed by atoms with van der Waals surface area (Å²) in [7, 11) is 0. The van der Waals surface area contributed by atoms with Crippen molar-refractivity contribution in [3.05, 3.63) is 0 Å². The highest BCUT2D eigenvalue weighted by molar-refractivity contribution is 4.86. The van der Waals surface area contributed by atoms with E-state index in [2.05, 4.69) is 37.9 Å². The molecule has 0 saturated carbocycles. The molecule has 0 heterocycles. The summed E-state index contributed by atoms with van der Waals surface area (Å²) in [5.74, 6) is 0. The Morgan fingerprint density at radius 2 is 1.76 bits per heavy atom. The predicted octanol–water partition coefficient (Wildman–Crippen LogP) is 2.25.